The van der Waals surface area contributed by atoms with Crippen molar-refractivity contribution < 1.29 is 9.53 Å². The van der Waals surface area contributed by atoms with Crippen molar-refractivity contribution in [2.24, 2.45) is 5.73 Å². The Morgan fingerprint density at radius 1 is 1.03 bits per heavy atom. The number of anilines is 2. The summed E-state index contributed by atoms with van der Waals surface area (Å²) in [5, 5.41) is 3.65. The molecule has 0 radical (unpaired) electrons. The number of amides is 1. The number of fused-ring (bicyclic) bond motifs is 1. The zero-order chi connectivity index (χ0) is 21.1. The first-order chi connectivity index (χ1) is 14.5. The van der Waals surface area contributed by atoms with E-state index in [4.69, 9.17) is 27.8 Å². The standard InChI is InChI=1S/C22H20ClN5O2/c23-15-3-8-18(9-4-15)30-17-6-1-14(2-7-17)13-28-20-11-16(24)5-10-19(20)27-22(28)26-12-21(25)29/h1-11H,12-13,24H2,(H2,25,29)(H,26,27). The number of primary amides is 1. The van der Waals surface area contributed by atoms with Crippen LogP contribution in [0.15, 0.2) is 66.7 Å². The van der Waals surface area contributed by atoms with Crippen LogP contribution in [0.1, 0.15) is 5.56 Å². The van der Waals surface area contributed by atoms with Crippen molar-refractivity contribution in [3.63, 3.8) is 0 Å². The maximum Gasteiger partial charge on any atom is 0.236 e. The van der Waals surface area contributed by atoms with Crippen LogP contribution < -0.4 is 21.5 Å². The van der Waals surface area contributed by atoms with Crippen molar-refractivity contribution in [3.8, 4) is 11.5 Å². The number of rotatable bonds is 7. The zero-order valence-electron chi connectivity index (χ0n) is 16.0. The molecule has 0 saturated heterocycles. The van der Waals surface area contributed by atoms with E-state index in [1.807, 2.05) is 53.1 Å². The van der Waals surface area contributed by atoms with Gasteiger partial charge in [0.15, 0.2) is 0 Å². The first-order valence-corrected chi connectivity index (χ1v) is 9.66. The lowest BCUT2D eigenvalue weighted by Gasteiger charge is -2.11. The van der Waals surface area contributed by atoms with E-state index in [0.29, 0.717) is 34.7 Å². The molecule has 4 rings (SSSR count). The molecule has 7 nitrogen and oxygen atoms in total. The van der Waals surface area contributed by atoms with E-state index in [1.54, 1.807) is 18.2 Å². The van der Waals surface area contributed by atoms with Gasteiger partial charge in [-0.3, -0.25) is 4.79 Å². The second-order valence-corrected chi connectivity index (χ2v) is 7.23. The molecule has 0 unspecified atom stereocenters. The normalized spacial score (nSPS) is 10.8. The van der Waals surface area contributed by atoms with Gasteiger partial charge in [-0.15, -0.1) is 0 Å². The Hall–Kier alpha value is -3.71. The summed E-state index contributed by atoms with van der Waals surface area (Å²) in [6.45, 7) is 0.523. The van der Waals surface area contributed by atoms with Crippen molar-refractivity contribution >= 4 is 40.2 Å². The highest BCUT2D eigenvalue weighted by atomic mass is 35.5. The maximum absolute atomic E-state index is 11.2. The number of ether oxygens (including phenoxy) is 1. The van der Waals surface area contributed by atoms with Gasteiger partial charge in [-0.1, -0.05) is 23.7 Å². The minimum Gasteiger partial charge on any atom is -0.457 e. The van der Waals surface area contributed by atoms with Gasteiger partial charge < -0.3 is 26.1 Å². The van der Waals surface area contributed by atoms with E-state index in [1.165, 1.54) is 0 Å². The molecule has 0 fully saturated rings. The van der Waals surface area contributed by atoms with Gasteiger partial charge in [-0.05, 0) is 60.2 Å². The molecule has 8 heteroatoms. The number of benzene rings is 3. The van der Waals surface area contributed by atoms with Crippen molar-refractivity contribution in [2.45, 2.75) is 6.54 Å². The number of carbonyl (C=O) groups excluding carboxylic acids is 1. The fourth-order valence-electron chi connectivity index (χ4n) is 3.09. The van der Waals surface area contributed by atoms with Crippen LogP contribution in [0.4, 0.5) is 11.6 Å². The summed E-state index contributed by atoms with van der Waals surface area (Å²) in [6, 6.07) is 20.4. The first-order valence-electron chi connectivity index (χ1n) is 9.28. The van der Waals surface area contributed by atoms with E-state index in [0.717, 1.165) is 16.6 Å². The number of nitrogens with zero attached hydrogens (tertiary/aromatic N) is 2. The highest BCUT2D eigenvalue weighted by Crippen LogP contribution is 2.26. The number of hydrogen-bond donors (Lipinski definition) is 3. The summed E-state index contributed by atoms with van der Waals surface area (Å²) in [4.78, 5) is 15.8. The minimum absolute atomic E-state index is 0.00727. The van der Waals surface area contributed by atoms with Gasteiger partial charge in [0.2, 0.25) is 11.9 Å². The first kappa shape index (κ1) is 19.6. The third-order valence-electron chi connectivity index (χ3n) is 4.51. The van der Waals surface area contributed by atoms with Crippen LogP contribution in [0, 0.1) is 0 Å². The molecule has 4 aromatic rings. The van der Waals surface area contributed by atoms with Crippen molar-refractivity contribution in [3.05, 3.63) is 77.3 Å². The fourth-order valence-corrected chi connectivity index (χ4v) is 3.21. The molecule has 0 atom stereocenters. The average molecular weight is 422 g/mol. The zero-order valence-corrected chi connectivity index (χ0v) is 16.8. The molecule has 5 N–H and O–H groups in total. The number of halogens is 1. The number of nitrogens with one attached hydrogen (secondary N) is 1. The highest BCUT2D eigenvalue weighted by molar-refractivity contribution is 6.30. The van der Waals surface area contributed by atoms with Crippen molar-refractivity contribution in [1.29, 1.82) is 0 Å². The molecular weight excluding hydrogens is 402 g/mol. The summed E-state index contributed by atoms with van der Waals surface area (Å²) in [6.07, 6.45) is 0. The Morgan fingerprint density at radius 2 is 1.70 bits per heavy atom. The Morgan fingerprint density at radius 3 is 2.37 bits per heavy atom. The number of nitrogens with two attached hydrogens (primary N) is 2. The van der Waals surface area contributed by atoms with Crippen LogP contribution in [-0.4, -0.2) is 22.0 Å². The summed E-state index contributed by atoms with van der Waals surface area (Å²) in [5.41, 5.74) is 14.5. The van der Waals surface area contributed by atoms with Gasteiger partial charge in [0.05, 0.1) is 24.1 Å². The van der Waals surface area contributed by atoms with Crippen molar-refractivity contribution in [1.82, 2.24) is 9.55 Å². The number of imidazole rings is 1. The van der Waals surface area contributed by atoms with E-state index < -0.39 is 5.91 Å². The lowest BCUT2D eigenvalue weighted by molar-refractivity contribution is -0.116. The minimum atomic E-state index is -0.461. The molecular formula is C22H20ClN5O2. The quantitative estimate of drug-likeness (QED) is 0.391. The summed E-state index contributed by atoms with van der Waals surface area (Å²) < 4.78 is 7.80. The van der Waals surface area contributed by atoms with Crippen LogP contribution in [0.5, 0.6) is 11.5 Å². The van der Waals surface area contributed by atoms with Crippen molar-refractivity contribution in [2.75, 3.05) is 17.6 Å². The molecule has 1 heterocycles. The van der Waals surface area contributed by atoms with Gasteiger partial charge in [0.25, 0.3) is 0 Å². The Balaban J connectivity index is 1.58. The largest absolute Gasteiger partial charge is 0.457 e. The molecule has 0 spiro atoms. The fraction of sp³-hybridized carbons (Fsp3) is 0.0909. The smallest absolute Gasteiger partial charge is 0.236 e. The molecule has 30 heavy (non-hydrogen) atoms. The molecule has 152 valence electrons. The topological polar surface area (TPSA) is 108 Å². The average Bonchev–Trinajstić information content (AvgIpc) is 3.06. The second kappa shape index (κ2) is 8.34. The number of hydrogen-bond acceptors (Lipinski definition) is 5. The van der Waals surface area contributed by atoms with Crippen LogP contribution in [-0.2, 0) is 11.3 Å². The van der Waals surface area contributed by atoms with E-state index in [-0.39, 0.29) is 6.54 Å². The van der Waals surface area contributed by atoms with E-state index in [9.17, 15) is 4.79 Å². The van der Waals surface area contributed by atoms with E-state index >= 15 is 0 Å². The Labute approximate surface area is 178 Å². The van der Waals surface area contributed by atoms with Crippen LogP contribution in [0.25, 0.3) is 11.0 Å². The van der Waals surface area contributed by atoms with E-state index in [2.05, 4.69) is 10.3 Å². The summed E-state index contributed by atoms with van der Waals surface area (Å²) in [5.74, 6) is 1.52. The molecule has 0 saturated carbocycles. The van der Waals surface area contributed by atoms with Crippen LogP contribution in [0.3, 0.4) is 0 Å². The molecule has 1 amide bonds. The maximum atomic E-state index is 11.2. The van der Waals surface area contributed by atoms with Crippen LogP contribution in [0.2, 0.25) is 5.02 Å². The van der Waals surface area contributed by atoms with Crippen LogP contribution >= 0.6 is 11.6 Å². The molecule has 0 aliphatic rings. The highest BCUT2D eigenvalue weighted by Gasteiger charge is 2.12. The van der Waals surface area contributed by atoms with Gasteiger partial charge in [0, 0.05) is 10.7 Å². The number of aromatic nitrogens is 2. The lowest BCUT2D eigenvalue weighted by Crippen LogP contribution is -2.23. The van der Waals surface area contributed by atoms with Gasteiger partial charge in [-0.25, -0.2) is 4.98 Å². The molecule has 1 aromatic heterocycles. The lowest BCUT2D eigenvalue weighted by atomic mass is 10.2. The predicted molar refractivity (Wildman–Crippen MR) is 119 cm³/mol. The van der Waals surface area contributed by atoms with Gasteiger partial charge in [-0.2, -0.15) is 0 Å². The second-order valence-electron chi connectivity index (χ2n) is 6.79. The molecule has 0 bridgehead atoms. The third-order valence-corrected chi connectivity index (χ3v) is 4.76. The SMILES string of the molecule is NC(=O)CNc1nc2ccc(N)cc2n1Cc1ccc(Oc2ccc(Cl)cc2)cc1. The summed E-state index contributed by atoms with van der Waals surface area (Å²) >= 11 is 5.91. The third kappa shape index (κ3) is 4.47. The number of carbonyl (C=O) groups is 1. The Kier molecular flexibility index (Phi) is 5.45. The van der Waals surface area contributed by atoms with Gasteiger partial charge >= 0.3 is 0 Å². The Bertz CT molecular complexity index is 1190. The van der Waals surface area contributed by atoms with Gasteiger partial charge in [0.1, 0.15) is 11.5 Å². The molecule has 0 aliphatic heterocycles. The molecule has 0 aliphatic carbocycles. The monoisotopic (exact) mass is 421 g/mol. The molecule has 3 aromatic carbocycles. The predicted octanol–water partition coefficient (Wildman–Crippen LogP) is 4.01. The number of nitrogen functional groups attached to an aromatic ring is 1. The summed E-state index contributed by atoms with van der Waals surface area (Å²) in [7, 11) is 0.